The molecule has 0 aliphatic rings. The summed E-state index contributed by atoms with van der Waals surface area (Å²) >= 11 is 0. The summed E-state index contributed by atoms with van der Waals surface area (Å²) in [5.41, 5.74) is 0.745. The first-order valence-electron chi connectivity index (χ1n) is 5.27. The Balaban J connectivity index is 2.69. The highest BCUT2D eigenvalue weighted by Gasteiger charge is 2.23. The third kappa shape index (κ3) is 3.27. The van der Waals surface area contributed by atoms with Gasteiger partial charge in [0.1, 0.15) is 6.04 Å². The van der Waals surface area contributed by atoms with E-state index in [1.54, 1.807) is 18.6 Å². The minimum Gasteiger partial charge on any atom is -0.480 e. The topological polar surface area (TPSA) is 75.1 Å². The lowest BCUT2D eigenvalue weighted by atomic mass is 10.0. The highest BCUT2D eigenvalue weighted by atomic mass is 16.4. The molecule has 0 fully saturated rings. The Kier molecular flexibility index (Phi) is 4.37. The number of rotatable bonds is 5. The third-order valence-corrected chi connectivity index (χ3v) is 2.39. The third-order valence-electron chi connectivity index (χ3n) is 2.39. The molecule has 88 valence electrons. The van der Waals surface area contributed by atoms with E-state index in [4.69, 9.17) is 5.11 Å². The van der Waals surface area contributed by atoms with Crippen LogP contribution in [-0.4, -0.2) is 27.1 Å². The second kappa shape index (κ2) is 5.55. The molecule has 1 aromatic rings. The monoisotopic (exact) mass is 223 g/mol. The molecular formula is C11H17N3O2. The summed E-state index contributed by atoms with van der Waals surface area (Å²) in [5.74, 6) is -0.817. The van der Waals surface area contributed by atoms with Crippen molar-refractivity contribution in [1.29, 1.82) is 0 Å². The van der Waals surface area contributed by atoms with Gasteiger partial charge in [-0.3, -0.25) is 20.1 Å². The highest BCUT2D eigenvalue weighted by Crippen LogP contribution is 2.11. The van der Waals surface area contributed by atoms with Gasteiger partial charge in [0.05, 0.1) is 5.69 Å². The van der Waals surface area contributed by atoms with Crippen molar-refractivity contribution in [2.45, 2.75) is 32.9 Å². The normalized spacial score (nSPS) is 14.8. The van der Waals surface area contributed by atoms with Gasteiger partial charge in [0.2, 0.25) is 0 Å². The molecule has 2 unspecified atom stereocenters. The maximum atomic E-state index is 11.0. The van der Waals surface area contributed by atoms with Crippen LogP contribution in [0.15, 0.2) is 18.6 Å². The van der Waals surface area contributed by atoms with Gasteiger partial charge >= 0.3 is 5.97 Å². The predicted molar refractivity (Wildman–Crippen MR) is 59.8 cm³/mol. The Morgan fingerprint density at radius 3 is 2.50 bits per heavy atom. The number of aromatic nitrogens is 2. The summed E-state index contributed by atoms with van der Waals surface area (Å²) in [5, 5.41) is 12.1. The zero-order valence-corrected chi connectivity index (χ0v) is 9.71. The molecule has 0 saturated heterocycles. The number of nitrogens with zero attached hydrogens (tertiary/aromatic N) is 2. The lowest BCUT2D eigenvalue weighted by molar-refractivity contribution is -0.140. The molecular weight excluding hydrogens is 206 g/mol. The van der Waals surface area contributed by atoms with E-state index in [1.165, 1.54) is 0 Å². The first kappa shape index (κ1) is 12.6. The van der Waals surface area contributed by atoms with Gasteiger partial charge in [-0.25, -0.2) is 0 Å². The second-order valence-corrected chi connectivity index (χ2v) is 4.08. The van der Waals surface area contributed by atoms with Gasteiger partial charge in [-0.1, -0.05) is 13.8 Å². The van der Waals surface area contributed by atoms with Gasteiger partial charge in [0.25, 0.3) is 0 Å². The van der Waals surface area contributed by atoms with Crippen molar-refractivity contribution >= 4 is 5.97 Å². The van der Waals surface area contributed by atoms with Gasteiger partial charge in [-0.05, 0) is 12.8 Å². The average molecular weight is 223 g/mol. The zero-order valence-electron chi connectivity index (χ0n) is 9.71. The zero-order chi connectivity index (χ0) is 12.1. The fraction of sp³-hybridized carbons (Fsp3) is 0.545. The van der Waals surface area contributed by atoms with Gasteiger partial charge in [-0.2, -0.15) is 0 Å². The summed E-state index contributed by atoms with van der Waals surface area (Å²) < 4.78 is 0. The van der Waals surface area contributed by atoms with Crippen LogP contribution in [0.25, 0.3) is 0 Å². The molecule has 1 rings (SSSR count). The van der Waals surface area contributed by atoms with E-state index in [1.807, 2.05) is 20.8 Å². The molecule has 2 N–H and O–H groups in total. The van der Waals surface area contributed by atoms with Crippen LogP contribution in [0.2, 0.25) is 0 Å². The molecule has 0 radical (unpaired) electrons. The van der Waals surface area contributed by atoms with Crippen LogP contribution in [0.4, 0.5) is 0 Å². The van der Waals surface area contributed by atoms with E-state index in [-0.39, 0.29) is 12.0 Å². The van der Waals surface area contributed by atoms with Crippen molar-refractivity contribution in [3.05, 3.63) is 24.3 Å². The predicted octanol–water partition coefficient (Wildman–Crippen LogP) is 1.24. The Morgan fingerprint density at radius 2 is 2.06 bits per heavy atom. The molecule has 0 saturated carbocycles. The maximum absolute atomic E-state index is 11.0. The van der Waals surface area contributed by atoms with Crippen molar-refractivity contribution in [3.8, 4) is 0 Å². The molecule has 1 heterocycles. The van der Waals surface area contributed by atoms with E-state index in [2.05, 4.69) is 15.3 Å². The summed E-state index contributed by atoms with van der Waals surface area (Å²) in [4.78, 5) is 19.1. The molecule has 5 heteroatoms. The van der Waals surface area contributed by atoms with Crippen LogP contribution >= 0.6 is 0 Å². The van der Waals surface area contributed by atoms with Crippen LogP contribution in [0.3, 0.4) is 0 Å². The standard InChI is InChI=1S/C11H17N3O2/c1-7(2)10(11(15)16)14-8(3)9-6-12-4-5-13-9/h4-8,10,14H,1-3H3,(H,15,16). The van der Waals surface area contributed by atoms with Crippen LogP contribution < -0.4 is 5.32 Å². The number of nitrogens with one attached hydrogen (secondary N) is 1. The Labute approximate surface area is 94.9 Å². The van der Waals surface area contributed by atoms with Crippen molar-refractivity contribution in [3.63, 3.8) is 0 Å². The first-order valence-corrected chi connectivity index (χ1v) is 5.27. The highest BCUT2D eigenvalue weighted by molar-refractivity contribution is 5.73. The summed E-state index contributed by atoms with van der Waals surface area (Å²) in [6.07, 6.45) is 4.82. The molecule has 0 aliphatic carbocycles. The van der Waals surface area contributed by atoms with Crippen LogP contribution in [-0.2, 0) is 4.79 Å². The van der Waals surface area contributed by atoms with Crippen molar-refractivity contribution in [1.82, 2.24) is 15.3 Å². The molecule has 16 heavy (non-hydrogen) atoms. The summed E-state index contributed by atoms with van der Waals surface area (Å²) in [6, 6.07) is -0.700. The number of carbonyl (C=O) groups is 1. The van der Waals surface area contributed by atoms with Gasteiger partial charge in [0.15, 0.2) is 0 Å². The maximum Gasteiger partial charge on any atom is 0.320 e. The lowest BCUT2D eigenvalue weighted by Gasteiger charge is -2.22. The van der Waals surface area contributed by atoms with E-state index in [9.17, 15) is 4.79 Å². The Bertz CT molecular complexity index is 340. The molecule has 0 aliphatic heterocycles. The van der Waals surface area contributed by atoms with Gasteiger partial charge in [-0.15, -0.1) is 0 Å². The van der Waals surface area contributed by atoms with E-state index < -0.39 is 12.0 Å². The SMILES string of the molecule is CC(NC(C(=O)O)C(C)C)c1cnccn1. The largest absolute Gasteiger partial charge is 0.480 e. The number of carboxylic acids is 1. The van der Waals surface area contributed by atoms with Gasteiger partial charge < -0.3 is 5.11 Å². The molecule has 2 atom stereocenters. The van der Waals surface area contributed by atoms with Crippen LogP contribution in [0.1, 0.15) is 32.5 Å². The Hall–Kier alpha value is -1.49. The molecule has 5 nitrogen and oxygen atoms in total. The molecule has 1 aromatic heterocycles. The minimum atomic E-state index is -0.842. The summed E-state index contributed by atoms with van der Waals surface area (Å²) in [6.45, 7) is 5.62. The smallest absolute Gasteiger partial charge is 0.320 e. The molecule has 0 amide bonds. The van der Waals surface area contributed by atoms with Crippen LogP contribution in [0.5, 0.6) is 0 Å². The number of aliphatic carboxylic acids is 1. The second-order valence-electron chi connectivity index (χ2n) is 4.08. The molecule has 0 spiro atoms. The van der Waals surface area contributed by atoms with E-state index >= 15 is 0 Å². The van der Waals surface area contributed by atoms with E-state index in [0.717, 1.165) is 5.69 Å². The fourth-order valence-corrected chi connectivity index (χ4v) is 1.44. The Morgan fingerprint density at radius 1 is 1.38 bits per heavy atom. The first-order chi connectivity index (χ1) is 7.52. The van der Waals surface area contributed by atoms with Crippen molar-refractivity contribution in [2.75, 3.05) is 0 Å². The van der Waals surface area contributed by atoms with Gasteiger partial charge in [0, 0.05) is 24.6 Å². The fourth-order valence-electron chi connectivity index (χ4n) is 1.44. The molecule has 0 bridgehead atoms. The molecule has 0 aromatic carbocycles. The van der Waals surface area contributed by atoms with E-state index in [0.29, 0.717) is 0 Å². The number of hydrogen-bond donors (Lipinski definition) is 2. The van der Waals surface area contributed by atoms with Crippen LogP contribution in [0, 0.1) is 5.92 Å². The summed E-state index contributed by atoms with van der Waals surface area (Å²) in [7, 11) is 0. The average Bonchev–Trinajstić information content (AvgIpc) is 2.25. The number of hydrogen-bond acceptors (Lipinski definition) is 4. The number of carboxylic acid groups (broad SMARTS) is 1. The van der Waals surface area contributed by atoms with Crippen molar-refractivity contribution < 1.29 is 9.90 Å². The minimum absolute atomic E-state index is 0.0246. The quantitative estimate of drug-likeness (QED) is 0.785. The lowest BCUT2D eigenvalue weighted by Crippen LogP contribution is -2.42. The van der Waals surface area contributed by atoms with Crippen molar-refractivity contribution in [2.24, 2.45) is 5.92 Å².